The largest absolute Gasteiger partial charge is 0.466 e. The Balaban J connectivity index is 4.04. The fourth-order valence-corrected chi connectivity index (χ4v) is 0.736. The maximum atomic E-state index is 11.0. The van der Waals surface area contributed by atoms with E-state index in [2.05, 4.69) is 23.5 Å². The second-order valence-electron chi connectivity index (χ2n) is 3.41. The first kappa shape index (κ1) is 12.2. The number of esters is 1. The average Bonchev–Trinajstić information content (AvgIpc) is 2.11. The summed E-state index contributed by atoms with van der Waals surface area (Å²) in [5, 5.41) is 0. The number of ether oxygens (including phenoxy) is 1. The zero-order valence-electron chi connectivity index (χ0n) is 9.13. The van der Waals surface area contributed by atoms with Gasteiger partial charge in [0.1, 0.15) is 0 Å². The molecule has 0 aliphatic heterocycles. The third-order valence-electron chi connectivity index (χ3n) is 2.07. The zero-order valence-corrected chi connectivity index (χ0v) is 9.13. The minimum absolute atomic E-state index is 0.253. The van der Waals surface area contributed by atoms with E-state index < -0.39 is 0 Å². The molecule has 0 radical (unpaired) electrons. The summed E-state index contributed by atoms with van der Waals surface area (Å²) in [5.41, 5.74) is 0.662. The van der Waals surface area contributed by atoms with Crippen LogP contribution < -0.4 is 0 Å². The molecule has 13 heavy (non-hydrogen) atoms. The molecule has 0 atom stereocenters. The van der Waals surface area contributed by atoms with Gasteiger partial charge in [-0.2, -0.15) is 0 Å². The first-order chi connectivity index (χ1) is 5.99. The van der Waals surface area contributed by atoms with Crippen LogP contribution in [0.4, 0.5) is 0 Å². The van der Waals surface area contributed by atoms with Crippen LogP contribution in [-0.2, 0) is 9.53 Å². The molecule has 0 aliphatic carbocycles. The predicted octanol–water partition coefficient (Wildman–Crippen LogP) is 1.45. The van der Waals surface area contributed by atoms with Crippen molar-refractivity contribution >= 4 is 5.97 Å². The molecule has 0 unspecified atom stereocenters. The van der Waals surface area contributed by atoms with Gasteiger partial charge in [0.05, 0.1) is 7.11 Å². The van der Waals surface area contributed by atoms with Crippen LogP contribution in [0.5, 0.6) is 0 Å². The lowest BCUT2D eigenvalue weighted by Crippen LogP contribution is -2.26. The van der Waals surface area contributed by atoms with E-state index in [-0.39, 0.29) is 5.97 Å². The zero-order chi connectivity index (χ0) is 10.4. The fraction of sp³-hybridized carbons (Fsp3) is 0.700. The maximum Gasteiger partial charge on any atom is 0.333 e. The Morgan fingerprint density at radius 1 is 1.54 bits per heavy atom. The monoisotopic (exact) mass is 185 g/mol. The van der Waals surface area contributed by atoms with Gasteiger partial charge in [-0.1, -0.05) is 6.08 Å². The number of hydrogen-bond acceptors (Lipinski definition) is 3. The molecule has 0 saturated carbocycles. The van der Waals surface area contributed by atoms with Crippen molar-refractivity contribution in [2.45, 2.75) is 26.8 Å². The number of likely N-dealkylation sites (N-methyl/N-ethyl adjacent to an activating group) is 1. The molecule has 0 N–H and O–H groups in total. The number of carbonyl (C=O) groups is 1. The Morgan fingerprint density at radius 2 is 2.08 bits per heavy atom. The van der Waals surface area contributed by atoms with Crippen LogP contribution in [-0.4, -0.2) is 37.6 Å². The predicted molar refractivity (Wildman–Crippen MR) is 53.5 cm³/mol. The molecule has 0 amide bonds. The van der Waals surface area contributed by atoms with Crippen molar-refractivity contribution in [2.75, 3.05) is 20.7 Å². The van der Waals surface area contributed by atoms with Gasteiger partial charge in [0.15, 0.2) is 0 Å². The Morgan fingerprint density at radius 3 is 2.46 bits per heavy atom. The van der Waals surface area contributed by atoms with Gasteiger partial charge in [-0.25, -0.2) is 4.79 Å². The van der Waals surface area contributed by atoms with Gasteiger partial charge in [-0.05, 0) is 27.8 Å². The molecule has 0 heterocycles. The molecule has 0 fully saturated rings. The molecule has 0 spiro atoms. The van der Waals surface area contributed by atoms with Crippen molar-refractivity contribution < 1.29 is 9.53 Å². The molecule has 76 valence electrons. The lowest BCUT2D eigenvalue weighted by Gasteiger charge is -2.18. The number of hydrogen-bond donors (Lipinski definition) is 0. The topological polar surface area (TPSA) is 29.5 Å². The third kappa shape index (κ3) is 4.68. The lowest BCUT2D eigenvalue weighted by atomic mass is 10.2. The van der Waals surface area contributed by atoms with E-state index in [1.807, 2.05) is 13.1 Å². The SMILES string of the molecule is COC(=O)C(C)=CCN(C)C(C)C. The van der Waals surface area contributed by atoms with Crippen LogP contribution in [0.25, 0.3) is 0 Å². The highest BCUT2D eigenvalue weighted by Gasteiger charge is 2.04. The fourth-order valence-electron chi connectivity index (χ4n) is 0.736. The molecule has 3 nitrogen and oxygen atoms in total. The third-order valence-corrected chi connectivity index (χ3v) is 2.07. The summed E-state index contributed by atoms with van der Waals surface area (Å²) < 4.78 is 4.58. The highest BCUT2D eigenvalue weighted by Crippen LogP contribution is 1.98. The average molecular weight is 185 g/mol. The first-order valence-corrected chi connectivity index (χ1v) is 4.44. The molecule has 0 aromatic carbocycles. The molecular formula is C10H19NO2. The standard InChI is InChI=1S/C10H19NO2/c1-8(2)11(4)7-6-9(3)10(12)13-5/h6,8H,7H2,1-5H3. The van der Waals surface area contributed by atoms with E-state index >= 15 is 0 Å². The van der Waals surface area contributed by atoms with Crippen LogP contribution in [0.1, 0.15) is 20.8 Å². The van der Waals surface area contributed by atoms with E-state index in [0.717, 1.165) is 6.54 Å². The Labute approximate surface area is 80.4 Å². The molecule has 0 aromatic rings. The van der Waals surface area contributed by atoms with Gasteiger partial charge in [0, 0.05) is 18.2 Å². The van der Waals surface area contributed by atoms with Crippen LogP contribution in [0, 0.1) is 0 Å². The van der Waals surface area contributed by atoms with Gasteiger partial charge in [0.2, 0.25) is 0 Å². The number of nitrogens with zero attached hydrogens (tertiary/aromatic N) is 1. The Hall–Kier alpha value is -0.830. The highest BCUT2D eigenvalue weighted by atomic mass is 16.5. The second-order valence-corrected chi connectivity index (χ2v) is 3.41. The first-order valence-electron chi connectivity index (χ1n) is 4.44. The Bertz CT molecular complexity index is 197. The molecule has 0 aliphatic rings. The summed E-state index contributed by atoms with van der Waals surface area (Å²) >= 11 is 0. The molecular weight excluding hydrogens is 166 g/mol. The number of methoxy groups -OCH3 is 1. The summed E-state index contributed by atoms with van der Waals surface area (Å²) in [5.74, 6) is -0.253. The molecule has 0 aromatic heterocycles. The van der Waals surface area contributed by atoms with Crippen molar-refractivity contribution in [1.82, 2.24) is 4.90 Å². The maximum absolute atomic E-state index is 11.0. The smallest absolute Gasteiger partial charge is 0.333 e. The van der Waals surface area contributed by atoms with Gasteiger partial charge >= 0.3 is 5.97 Å². The summed E-state index contributed by atoms with van der Waals surface area (Å²) in [6.45, 7) is 6.77. The van der Waals surface area contributed by atoms with Gasteiger partial charge in [-0.3, -0.25) is 0 Å². The van der Waals surface area contributed by atoms with Crippen molar-refractivity contribution in [3.63, 3.8) is 0 Å². The molecule has 0 rings (SSSR count). The van der Waals surface area contributed by atoms with Crippen molar-refractivity contribution in [2.24, 2.45) is 0 Å². The van der Waals surface area contributed by atoms with Crippen LogP contribution in [0.15, 0.2) is 11.6 Å². The van der Waals surface area contributed by atoms with E-state index in [4.69, 9.17) is 0 Å². The van der Waals surface area contributed by atoms with E-state index in [1.54, 1.807) is 6.92 Å². The van der Waals surface area contributed by atoms with Crippen LogP contribution in [0.3, 0.4) is 0 Å². The highest BCUT2D eigenvalue weighted by molar-refractivity contribution is 5.87. The van der Waals surface area contributed by atoms with Gasteiger partial charge < -0.3 is 9.64 Å². The minimum Gasteiger partial charge on any atom is -0.466 e. The second kappa shape index (κ2) is 5.75. The normalized spacial score (nSPS) is 12.4. The quantitative estimate of drug-likeness (QED) is 0.490. The van der Waals surface area contributed by atoms with E-state index in [0.29, 0.717) is 11.6 Å². The van der Waals surface area contributed by atoms with Crippen molar-refractivity contribution in [3.8, 4) is 0 Å². The summed E-state index contributed by atoms with van der Waals surface area (Å²) in [7, 11) is 3.41. The molecule has 0 bridgehead atoms. The van der Waals surface area contributed by atoms with E-state index in [9.17, 15) is 4.79 Å². The number of rotatable bonds is 4. The summed E-state index contributed by atoms with van der Waals surface area (Å²) in [6, 6.07) is 0.488. The Kier molecular flexibility index (Phi) is 5.39. The summed E-state index contributed by atoms with van der Waals surface area (Å²) in [6.07, 6.45) is 1.88. The number of carbonyl (C=O) groups excluding carboxylic acids is 1. The summed E-state index contributed by atoms with van der Waals surface area (Å²) in [4.78, 5) is 13.1. The van der Waals surface area contributed by atoms with E-state index in [1.165, 1.54) is 7.11 Å². The van der Waals surface area contributed by atoms with Crippen LogP contribution >= 0.6 is 0 Å². The lowest BCUT2D eigenvalue weighted by molar-refractivity contribution is -0.136. The van der Waals surface area contributed by atoms with Gasteiger partial charge in [-0.15, -0.1) is 0 Å². The van der Waals surface area contributed by atoms with Gasteiger partial charge in [0.25, 0.3) is 0 Å². The molecule has 0 saturated heterocycles. The van der Waals surface area contributed by atoms with Crippen LogP contribution in [0.2, 0.25) is 0 Å². The van der Waals surface area contributed by atoms with Crippen molar-refractivity contribution in [1.29, 1.82) is 0 Å². The van der Waals surface area contributed by atoms with Crippen molar-refractivity contribution in [3.05, 3.63) is 11.6 Å². The molecule has 3 heteroatoms. The minimum atomic E-state index is -0.253.